The van der Waals surface area contributed by atoms with Crippen molar-refractivity contribution in [1.82, 2.24) is 10.3 Å². The molecule has 1 aliphatic heterocycles. The lowest BCUT2D eigenvalue weighted by atomic mass is 10.0. The first-order chi connectivity index (χ1) is 12.7. The van der Waals surface area contributed by atoms with Gasteiger partial charge in [0.25, 0.3) is 5.91 Å². The Morgan fingerprint density at radius 1 is 1.27 bits per heavy atom. The van der Waals surface area contributed by atoms with Crippen molar-refractivity contribution in [2.75, 3.05) is 13.7 Å². The molecule has 3 rings (SSSR count). The summed E-state index contributed by atoms with van der Waals surface area (Å²) in [7, 11) is 1.60. The lowest BCUT2D eigenvalue weighted by Gasteiger charge is -2.17. The highest BCUT2D eigenvalue weighted by atomic mass is 16.6. The van der Waals surface area contributed by atoms with Crippen molar-refractivity contribution in [2.24, 2.45) is 5.16 Å². The highest BCUT2D eigenvalue weighted by molar-refractivity contribution is 5.98. The molecule has 0 aliphatic carbocycles. The molecule has 0 radical (unpaired) electrons. The molecule has 1 aromatic carbocycles. The predicted molar refractivity (Wildman–Crippen MR) is 99.2 cm³/mol. The highest BCUT2D eigenvalue weighted by Crippen LogP contribution is 2.18. The number of carbonyl (C=O) groups is 1. The molecule has 2 heterocycles. The Kier molecular flexibility index (Phi) is 5.96. The quantitative estimate of drug-likeness (QED) is 0.830. The van der Waals surface area contributed by atoms with Gasteiger partial charge in [-0.05, 0) is 24.6 Å². The van der Waals surface area contributed by atoms with Crippen LogP contribution in [-0.2, 0) is 16.0 Å². The number of benzene rings is 1. The van der Waals surface area contributed by atoms with Crippen LogP contribution in [0.25, 0.3) is 0 Å². The number of methoxy groups -OCH3 is 1. The third-order valence-electron chi connectivity index (χ3n) is 4.22. The maximum Gasteiger partial charge on any atom is 0.270 e. The zero-order valence-corrected chi connectivity index (χ0v) is 15.0. The van der Waals surface area contributed by atoms with Gasteiger partial charge in [-0.1, -0.05) is 41.6 Å². The summed E-state index contributed by atoms with van der Waals surface area (Å²) in [4.78, 5) is 22.3. The summed E-state index contributed by atoms with van der Waals surface area (Å²) < 4.78 is 5.26. The summed E-state index contributed by atoms with van der Waals surface area (Å²) >= 11 is 0. The fraction of sp³-hybridized carbons (Fsp3) is 0.350. The maximum atomic E-state index is 12.5. The van der Waals surface area contributed by atoms with E-state index >= 15 is 0 Å². The van der Waals surface area contributed by atoms with E-state index < -0.39 is 0 Å². The van der Waals surface area contributed by atoms with E-state index in [2.05, 4.69) is 27.6 Å². The number of nitrogens with one attached hydrogen (secondary N) is 1. The van der Waals surface area contributed by atoms with Gasteiger partial charge in [0, 0.05) is 25.6 Å². The molecule has 1 aliphatic rings. The third kappa shape index (κ3) is 4.67. The lowest BCUT2D eigenvalue weighted by Crippen LogP contribution is -2.44. The molecule has 6 heteroatoms. The second-order valence-corrected chi connectivity index (χ2v) is 6.35. The maximum absolute atomic E-state index is 12.5. The van der Waals surface area contributed by atoms with Crippen LogP contribution in [0.4, 0.5) is 0 Å². The van der Waals surface area contributed by atoms with Gasteiger partial charge in [0.2, 0.25) is 0 Å². The fourth-order valence-electron chi connectivity index (χ4n) is 2.93. The van der Waals surface area contributed by atoms with Gasteiger partial charge < -0.3 is 14.9 Å². The first kappa shape index (κ1) is 18.1. The van der Waals surface area contributed by atoms with Crippen LogP contribution in [0.3, 0.4) is 0 Å². The fourth-order valence-corrected chi connectivity index (χ4v) is 2.93. The van der Waals surface area contributed by atoms with Crippen LogP contribution < -0.4 is 5.32 Å². The molecule has 1 unspecified atom stereocenters. The normalized spacial score (nSPS) is 17.3. The van der Waals surface area contributed by atoms with E-state index in [1.807, 2.05) is 37.3 Å². The Hall–Kier alpha value is -2.73. The number of carbonyl (C=O) groups excluding carboxylic acids is 1. The van der Waals surface area contributed by atoms with Crippen molar-refractivity contribution in [3.8, 4) is 0 Å². The minimum atomic E-state index is -0.337. The first-order valence-electron chi connectivity index (χ1n) is 8.65. The van der Waals surface area contributed by atoms with Crippen LogP contribution in [0.5, 0.6) is 0 Å². The Bertz CT molecular complexity index is 777. The molecule has 0 fully saturated rings. The predicted octanol–water partition coefficient (Wildman–Crippen LogP) is 2.52. The van der Waals surface area contributed by atoms with Gasteiger partial charge in [0.1, 0.15) is 11.8 Å². The van der Waals surface area contributed by atoms with Gasteiger partial charge >= 0.3 is 0 Å². The molecule has 2 aromatic rings. The zero-order chi connectivity index (χ0) is 18.4. The topological polar surface area (TPSA) is 72.8 Å². The molecule has 0 bridgehead atoms. The molecule has 136 valence electrons. The molecule has 0 saturated heterocycles. The van der Waals surface area contributed by atoms with Crippen LogP contribution in [0.2, 0.25) is 0 Å². The molecule has 1 N–H and O–H groups in total. The number of pyridine rings is 1. The van der Waals surface area contributed by atoms with Gasteiger partial charge in [0.15, 0.2) is 0 Å². The molecule has 0 saturated carbocycles. The number of aromatic nitrogens is 1. The largest absolute Gasteiger partial charge is 0.392 e. The Balaban J connectivity index is 1.62. The van der Waals surface area contributed by atoms with Crippen molar-refractivity contribution < 1.29 is 14.4 Å². The number of rotatable bonds is 7. The van der Waals surface area contributed by atoms with E-state index in [4.69, 9.17) is 9.57 Å². The smallest absolute Gasteiger partial charge is 0.270 e. The summed E-state index contributed by atoms with van der Waals surface area (Å²) in [5, 5.41) is 7.15. The summed E-state index contributed by atoms with van der Waals surface area (Å²) in [5.41, 5.74) is 3.16. The minimum Gasteiger partial charge on any atom is -0.392 e. The summed E-state index contributed by atoms with van der Waals surface area (Å²) in [6.07, 6.45) is 1.41. The number of aryl methyl sites for hydroxylation is 1. The monoisotopic (exact) mass is 353 g/mol. The molecule has 1 aromatic heterocycles. The minimum absolute atomic E-state index is 0.0271. The summed E-state index contributed by atoms with van der Waals surface area (Å²) in [6.45, 7) is 2.18. The summed E-state index contributed by atoms with van der Waals surface area (Å²) in [5.74, 6) is -0.245. The SMILES string of the molecule is COC[C@H](NC(=O)c1cccc(C)n1)C1=NOC(Cc2ccccc2)C1. The lowest BCUT2D eigenvalue weighted by molar-refractivity contribution is 0.0857. The molecule has 6 nitrogen and oxygen atoms in total. The van der Waals surface area contributed by atoms with Crippen LogP contribution in [0.15, 0.2) is 53.7 Å². The molecule has 0 spiro atoms. The number of hydrogen-bond acceptors (Lipinski definition) is 5. The van der Waals surface area contributed by atoms with Gasteiger partial charge in [-0.2, -0.15) is 0 Å². The Morgan fingerprint density at radius 3 is 2.81 bits per heavy atom. The van der Waals surface area contributed by atoms with Crippen LogP contribution in [0, 0.1) is 6.92 Å². The number of amides is 1. The van der Waals surface area contributed by atoms with Crippen molar-refractivity contribution in [3.05, 3.63) is 65.5 Å². The van der Waals surface area contributed by atoms with Gasteiger partial charge in [-0.15, -0.1) is 0 Å². The van der Waals surface area contributed by atoms with Gasteiger partial charge in [-0.3, -0.25) is 4.79 Å². The zero-order valence-electron chi connectivity index (χ0n) is 15.0. The van der Waals surface area contributed by atoms with E-state index in [0.29, 0.717) is 18.7 Å². The molecular formula is C20H23N3O3. The average molecular weight is 353 g/mol. The molecular weight excluding hydrogens is 330 g/mol. The standard InChI is InChI=1S/C20H23N3O3/c1-14-7-6-10-17(21-14)20(24)22-19(13-25-2)18-12-16(26-23-18)11-15-8-4-3-5-9-15/h3-10,16,19H,11-13H2,1-2H3,(H,22,24)/t16?,19-/m0/s1. The van der Waals surface area contributed by atoms with Crippen molar-refractivity contribution in [2.45, 2.75) is 31.9 Å². The average Bonchev–Trinajstić information content (AvgIpc) is 3.10. The molecule has 2 atom stereocenters. The van der Waals surface area contributed by atoms with Crippen LogP contribution in [0.1, 0.15) is 28.2 Å². The van der Waals surface area contributed by atoms with Crippen LogP contribution in [-0.4, -0.2) is 42.5 Å². The second kappa shape index (κ2) is 8.58. The van der Waals surface area contributed by atoms with E-state index in [1.54, 1.807) is 13.2 Å². The first-order valence-corrected chi connectivity index (χ1v) is 8.65. The van der Waals surface area contributed by atoms with Crippen molar-refractivity contribution in [3.63, 3.8) is 0 Å². The molecule has 26 heavy (non-hydrogen) atoms. The van der Waals surface area contributed by atoms with Crippen LogP contribution >= 0.6 is 0 Å². The second-order valence-electron chi connectivity index (χ2n) is 6.35. The Labute approximate surface area is 153 Å². The van der Waals surface area contributed by atoms with Gasteiger partial charge in [-0.25, -0.2) is 4.98 Å². The number of nitrogens with zero attached hydrogens (tertiary/aromatic N) is 2. The van der Waals surface area contributed by atoms with Gasteiger partial charge in [0.05, 0.1) is 18.4 Å². The van der Waals surface area contributed by atoms with Crippen molar-refractivity contribution >= 4 is 11.6 Å². The number of oxime groups is 1. The summed E-state index contributed by atoms with van der Waals surface area (Å²) in [6, 6.07) is 15.2. The third-order valence-corrected chi connectivity index (χ3v) is 4.22. The van der Waals surface area contributed by atoms with E-state index in [1.165, 1.54) is 5.56 Å². The number of ether oxygens (including phenoxy) is 1. The highest BCUT2D eigenvalue weighted by Gasteiger charge is 2.29. The van der Waals surface area contributed by atoms with E-state index in [0.717, 1.165) is 17.8 Å². The van der Waals surface area contributed by atoms with Crippen molar-refractivity contribution in [1.29, 1.82) is 0 Å². The van der Waals surface area contributed by atoms with E-state index in [-0.39, 0.29) is 18.1 Å². The molecule has 1 amide bonds. The number of hydrogen-bond donors (Lipinski definition) is 1. The van der Waals surface area contributed by atoms with E-state index in [9.17, 15) is 4.79 Å². The Morgan fingerprint density at radius 2 is 2.08 bits per heavy atom.